The van der Waals surface area contributed by atoms with Gasteiger partial charge in [0.1, 0.15) is 0 Å². The van der Waals surface area contributed by atoms with E-state index in [9.17, 15) is 4.79 Å². The largest absolute Gasteiger partial charge is 0.461 e. The van der Waals surface area contributed by atoms with Crippen LogP contribution in [0.25, 0.3) is 11.6 Å². The summed E-state index contributed by atoms with van der Waals surface area (Å²) in [5, 5.41) is 12.1. The highest BCUT2D eigenvalue weighted by Gasteiger charge is 2.27. The lowest BCUT2D eigenvalue weighted by Gasteiger charge is -2.13. The monoisotopic (exact) mass is 368 g/mol. The molecule has 4 rings (SSSR count). The third-order valence-electron chi connectivity index (χ3n) is 4.22. The van der Waals surface area contributed by atoms with Crippen LogP contribution in [0, 0.1) is 0 Å². The van der Waals surface area contributed by atoms with E-state index in [1.54, 1.807) is 6.26 Å². The summed E-state index contributed by atoms with van der Waals surface area (Å²) in [6.45, 7) is 2.51. The smallest absolute Gasteiger partial charge is 0.233 e. The average Bonchev–Trinajstić information content (AvgIpc) is 3.15. The number of nitrogens with zero attached hydrogens (tertiary/aromatic N) is 3. The van der Waals surface area contributed by atoms with Crippen LogP contribution in [0.15, 0.2) is 58.3 Å². The van der Waals surface area contributed by atoms with Crippen LogP contribution in [0.5, 0.6) is 0 Å². The van der Waals surface area contributed by atoms with Crippen molar-refractivity contribution >= 4 is 17.7 Å². The molecule has 1 amide bonds. The Morgan fingerprint density at radius 3 is 2.77 bits per heavy atom. The number of carbonyl (C=O) groups excluding carboxylic acids is 1. The Hall–Kier alpha value is -2.54. The Bertz CT molecular complexity index is 872. The normalized spacial score (nSPS) is 15.0. The van der Waals surface area contributed by atoms with Gasteiger partial charge in [0.2, 0.25) is 11.7 Å². The molecule has 1 aliphatic carbocycles. The fourth-order valence-corrected chi connectivity index (χ4v) is 3.49. The minimum Gasteiger partial charge on any atom is -0.461 e. The van der Waals surface area contributed by atoms with Gasteiger partial charge in [-0.3, -0.25) is 9.36 Å². The molecule has 2 aromatic heterocycles. The second kappa shape index (κ2) is 7.37. The fourth-order valence-electron chi connectivity index (χ4n) is 2.63. The van der Waals surface area contributed by atoms with Crippen molar-refractivity contribution in [2.75, 3.05) is 0 Å². The number of furan rings is 1. The number of aromatic nitrogens is 3. The molecule has 1 aromatic carbocycles. The van der Waals surface area contributed by atoms with E-state index >= 15 is 0 Å². The molecule has 3 aromatic rings. The van der Waals surface area contributed by atoms with Crippen LogP contribution in [0.2, 0.25) is 0 Å². The Morgan fingerprint density at radius 2 is 2.08 bits per heavy atom. The fraction of sp³-hybridized carbons (Fsp3) is 0.316. The zero-order valence-corrected chi connectivity index (χ0v) is 15.3. The predicted molar refractivity (Wildman–Crippen MR) is 99.8 cm³/mol. The Kier molecular flexibility index (Phi) is 4.79. The Labute approximate surface area is 156 Å². The summed E-state index contributed by atoms with van der Waals surface area (Å²) in [5.74, 6) is 1.37. The quantitative estimate of drug-likeness (QED) is 0.648. The van der Waals surface area contributed by atoms with Gasteiger partial charge in [-0.2, -0.15) is 0 Å². The second-order valence-corrected chi connectivity index (χ2v) is 7.71. The van der Waals surface area contributed by atoms with Crippen LogP contribution >= 0.6 is 11.8 Å². The van der Waals surface area contributed by atoms with E-state index in [0.717, 1.165) is 18.4 Å². The molecule has 1 N–H and O–H groups in total. The van der Waals surface area contributed by atoms with Gasteiger partial charge in [0.15, 0.2) is 10.9 Å². The maximum absolute atomic E-state index is 12.3. The van der Waals surface area contributed by atoms with E-state index in [1.165, 1.54) is 11.8 Å². The van der Waals surface area contributed by atoms with Gasteiger partial charge < -0.3 is 9.73 Å². The van der Waals surface area contributed by atoms with Crippen molar-refractivity contribution in [1.29, 1.82) is 0 Å². The highest BCUT2D eigenvalue weighted by molar-refractivity contribution is 8.00. The van der Waals surface area contributed by atoms with E-state index in [-0.39, 0.29) is 11.2 Å². The lowest BCUT2D eigenvalue weighted by Crippen LogP contribution is -2.32. The lowest BCUT2D eigenvalue weighted by molar-refractivity contribution is -0.120. The summed E-state index contributed by atoms with van der Waals surface area (Å²) in [4.78, 5) is 12.3. The standard InChI is InChI=1S/C19H20N4O2S/c1-13(18(24)20-15-9-10-15)26-19-22-21-17(16-8-5-11-25-16)23(19)12-14-6-3-2-4-7-14/h2-8,11,13,15H,9-10,12H2,1H3,(H,20,24)/t13-/m0/s1. The summed E-state index contributed by atoms with van der Waals surface area (Å²) in [7, 11) is 0. The van der Waals surface area contributed by atoms with Gasteiger partial charge in [-0.1, -0.05) is 42.1 Å². The topological polar surface area (TPSA) is 73.0 Å². The van der Waals surface area contributed by atoms with Crippen LogP contribution in [-0.4, -0.2) is 32.0 Å². The highest BCUT2D eigenvalue weighted by atomic mass is 32.2. The summed E-state index contributed by atoms with van der Waals surface area (Å²) >= 11 is 1.42. The Balaban J connectivity index is 1.60. The van der Waals surface area contributed by atoms with Crippen molar-refractivity contribution < 1.29 is 9.21 Å². The molecule has 134 valence electrons. The number of rotatable bonds is 7. The SMILES string of the molecule is C[C@H](Sc1nnc(-c2ccco2)n1Cc1ccccc1)C(=O)NC1CC1. The molecule has 1 fully saturated rings. The summed E-state index contributed by atoms with van der Waals surface area (Å²) in [6.07, 6.45) is 3.78. The molecule has 0 bridgehead atoms. The van der Waals surface area contributed by atoms with Gasteiger partial charge in [-0.25, -0.2) is 0 Å². The number of carbonyl (C=O) groups is 1. The lowest BCUT2D eigenvalue weighted by atomic mass is 10.2. The average molecular weight is 368 g/mol. The number of benzene rings is 1. The molecule has 7 heteroatoms. The van der Waals surface area contributed by atoms with Crippen LogP contribution < -0.4 is 5.32 Å². The molecule has 1 aliphatic rings. The molecule has 0 radical (unpaired) electrons. The summed E-state index contributed by atoms with van der Waals surface area (Å²) in [5.41, 5.74) is 1.14. The predicted octanol–water partition coefficient (Wildman–Crippen LogP) is 3.35. The molecule has 2 heterocycles. The molecule has 0 unspecified atom stereocenters. The molecule has 0 saturated heterocycles. The van der Waals surface area contributed by atoms with Crippen molar-refractivity contribution in [2.24, 2.45) is 0 Å². The third-order valence-corrected chi connectivity index (χ3v) is 5.30. The van der Waals surface area contributed by atoms with Gasteiger partial charge in [-0.05, 0) is 37.5 Å². The first-order valence-electron chi connectivity index (χ1n) is 8.69. The van der Waals surface area contributed by atoms with Crippen molar-refractivity contribution in [3.63, 3.8) is 0 Å². The minimum absolute atomic E-state index is 0.0475. The molecule has 0 spiro atoms. The van der Waals surface area contributed by atoms with Crippen LogP contribution in [0.3, 0.4) is 0 Å². The number of hydrogen-bond acceptors (Lipinski definition) is 5. The van der Waals surface area contributed by atoms with Crippen LogP contribution in [0.1, 0.15) is 25.3 Å². The van der Waals surface area contributed by atoms with Crippen LogP contribution in [-0.2, 0) is 11.3 Å². The van der Waals surface area contributed by atoms with Gasteiger partial charge in [0, 0.05) is 6.04 Å². The highest BCUT2D eigenvalue weighted by Crippen LogP contribution is 2.29. The van der Waals surface area contributed by atoms with E-state index in [2.05, 4.69) is 27.6 Å². The van der Waals surface area contributed by atoms with E-state index < -0.39 is 0 Å². The van der Waals surface area contributed by atoms with Crippen molar-refractivity contribution in [1.82, 2.24) is 20.1 Å². The zero-order valence-electron chi connectivity index (χ0n) is 14.5. The van der Waals surface area contributed by atoms with Crippen molar-refractivity contribution in [2.45, 2.75) is 42.8 Å². The third kappa shape index (κ3) is 3.83. The van der Waals surface area contributed by atoms with E-state index in [4.69, 9.17) is 4.42 Å². The first-order chi connectivity index (χ1) is 12.7. The summed E-state index contributed by atoms with van der Waals surface area (Å²) < 4.78 is 7.51. The number of nitrogens with one attached hydrogen (secondary N) is 1. The first-order valence-corrected chi connectivity index (χ1v) is 9.56. The number of hydrogen-bond donors (Lipinski definition) is 1. The summed E-state index contributed by atoms with van der Waals surface area (Å²) in [6, 6.07) is 14.2. The van der Waals surface area contributed by atoms with Crippen molar-refractivity contribution in [3.05, 3.63) is 54.3 Å². The van der Waals surface area contributed by atoms with Gasteiger partial charge in [0.25, 0.3) is 0 Å². The number of thioether (sulfide) groups is 1. The molecular formula is C19H20N4O2S. The van der Waals surface area contributed by atoms with Gasteiger partial charge in [-0.15, -0.1) is 10.2 Å². The van der Waals surface area contributed by atoms with Crippen LogP contribution in [0.4, 0.5) is 0 Å². The zero-order chi connectivity index (χ0) is 17.9. The molecule has 0 aliphatic heterocycles. The van der Waals surface area contributed by atoms with Gasteiger partial charge in [0.05, 0.1) is 18.1 Å². The Morgan fingerprint density at radius 1 is 1.27 bits per heavy atom. The molecule has 26 heavy (non-hydrogen) atoms. The molecule has 6 nitrogen and oxygen atoms in total. The minimum atomic E-state index is -0.237. The molecule has 1 saturated carbocycles. The van der Waals surface area contributed by atoms with Crippen molar-refractivity contribution in [3.8, 4) is 11.6 Å². The number of amides is 1. The van der Waals surface area contributed by atoms with Gasteiger partial charge >= 0.3 is 0 Å². The second-order valence-electron chi connectivity index (χ2n) is 6.40. The maximum Gasteiger partial charge on any atom is 0.233 e. The maximum atomic E-state index is 12.3. The molecular weight excluding hydrogens is 348 g/mol. The first kappa shape index (κ1) is 16.9. The van der Waals surface area contributed by atoms with E-state index in [0.29, 0.717) is 29.3 Å². The van der Waals surface area contributed by atoms with E-state index in [1.807, 2.05) is 41.8 Å². The molecule has 1 atom stereocenters.